The number of hydrogen-bond donors (Lipinski definition) is 2. The summed E-state index contributed by atoms with van der Waals surface area (Å²) in [6, 6.07) is 0.994. The predicted octanol–water partition coefficient (Wildman–Crippen LogP) is 0.762. The van der Waals surface area contributed by atoms with Gasteiger partial charge in [-0.2, -0.15) is 5.10 Å². The van der Waals surface area contributed by atoms with E-state index in [1.165, 1.54) is 16.2 Å². The molecule has 9 nitrogen and oxygen atoms in total. The summed E-state index contributed by atoms with van der Waals surface area (Å²) in [5, 5.41) is 17.1. The molecule has 27 heavy (non-hydrogen) atoms. The first-order valence-electron chi connectivity index (χ1n) is 8.58. The van der Waals surface area contributed by atoms with Crippen molar-refractivity contribution in [3.05, 3.63) is 16.6 Å². The lowest BCUT2D eigenvalue weighted by Crippen LogP contribution is -2.56. The van der Waals surface area contributed by atoms with Crippen LogP contribution in [0.1, 0.15) is 29.2 Å². The van der Waals surface area contributed by atoms with Crippen molar-refractivity contribution in [1.29, 1.82) is 0 Å². The SMILES string of the molecule is Cc1nn(C)c2sc(C(=O)NC(C)C(=O)N3CC(C(=O)O)O[C@H](C)C3)cc12. The summed E-state index contributed by atoms with van der Waals surface area (Å²) in [6.07, 6.45) is -1.44. The summed E-state index contributed by atoms with van der Waals surface area (Å²) in [5.74, 6) is -1.78. The quantitative estimate of drug-likeness (QED) is 0.792. The summed E-state index contributed by atoms with van der Waals surface area (Å²) >= 11 is 1.31. The fraction of sp³-hybridized carbons (Fsp3) is 0.529. The van der Waals surface area contributed by atoms with Crippen LogP contribution in [0.25, 0.3) is 10.2 Å². The lowest BCUT2D eigenvalue weighted by Gasteiger charge is -2.36. The molecule has 2 aromatic rings. The van der Waals surface area contributed by atoms with Crippen LogP contribution < -0.4 is 5.32 Å². The molecule has 3 rings (SSSR count). The molecule has 2 N–H and O–H groups in total. The van der Waals surface area contributed by atoms with E-state index in [0.29, 0.717) is 4.88 Å². The molecule has 2 amide bonds. The standard InChI is InChI=1S/C17H22N4O5S/c1-8-6-21(7-12(26-8)17(24)25)15(23)10(3)18-14(22)13-5-11-9(2)19-20(4)16(11)27-13/h5,8,10,12H,6-7H2,1-4H3,(H,18,22)(H,24,25)/t8-,10?,12?/m1/s1. The Morgan fingerprint density at radius 2 is 2.11 bits per heavy atom. The number of fused-ring (bicyclic) bond motifs is 1. The van der Waals surface area contributed by atoms with Gasteiger partial charge in [0.2, 0.25) is 5.91 Å². The molecule has 3 heterocycles. The Balaban J connectivity index is 1.68. The second kappa shape index (κ2) is 7.28. The number of amides is 2. The molecule has 1 aliphatic heterocycles. The number of carboxylic acid groups (broad SMARTS) is 1. The molecular formula is C17H22N4O5S. The van der Waals surface area contributed by atoms with Crippen molar-refractivity contribution >= 4 is 39.3 Å². The van der Waals surface area contributed by atoms with Crippen LogP contribution in [0.15, 0.2) is 6.07 Å². The fourth-order valence-corrected chi connectivity index (χ4v) is 4.21. The molecule has 10 heteroatoms. The van der Waals surface area contributed by atoms with Gasteiger partial charge in [-0.15, -0.1) is 11.3 Å². The lowest BCUT2D eigenvalue weighted by atomic mass is 10.2. The topological polar surface area (TPSA) is 114 Å². The van der Waals surface area contributed by atoms with E-state index in [0.717, 1.165) is 15.9 Å². The van der Waals surface area contributed by atoms with Crippen molar-refractivity contribution in [3.63, 3.8) is 0 Å². The number of carboxylic acids is 1. The number of morpholine rings is 1. The molecule has 0 spiro atoms. The van der Waals surface area contributed by atoms with Crippen LogP contribution >= 0.6 is 11.3 Å². The lowest BCUT2D eigenvalue weighted by molar-refractivity contribution is -0.167. The maximum Gasteiger partial charge on any atom is 0.334 e. The molecule has 1 aliphatic rings. The number of hydrogen-bond acceptors (Lipinski definition) is 6. The van der Waals surface area contributed by atoms with E-state index in [1.807, 2.05) is 14.0 Å². The van der Waals surface area contributed by atoms with Crippen molar-refractivity contribution in [2.45, 2.75) is 39.0 Å². The van der Waals surface area contributed by atoms with Gasteiger partial charge in [-0.3, -0.25) is 14.3 Å². The summed E-state index contributed by atoms with van der Waals surface area (Å²) < 4.78 is 7.04. The van der Waals surface area contributed by atoms with Crippen LogP contribution in [0.5, 0.6) is 0 Å². The van der Waals surface area contributed by atoms with Crippen LogP contribution in [-0.4, -0.2) is 68.9 Å². The minimum absolute atomic E-state index is 0.0352. The van der Waals surface area contributed by atoms with Gasteiger partial charge in [0, 0.05) is 19.0 Å². The Bertz CT molecular complexity index is 870. The summed E-state index contributed by atoms with van der Waals surface area (Å²) in [6.45, 7) is 5.44. The number of nitrogens with one attached hydrogen (secondary N) is 1. The number of carbonyl (C=O) groups is 3. The van der Waals surface area contributed by atoms with Crippen molar-refractivity contribution < 1.29 is 24.2 Å². The number of aromatic nitrogens is 2. The molecule has 1 saturated heterocycles. The van der Waals surface area contributed by atoms with Crippen molar-refractivity contribution in [2.75, 3.05) is 13.1 Å². The Hall–Kier alpha value is -2.46. The highest BCUT2D eigenvalue weighted by Gasteiger charge is 2.34. The maximum absolute atomic E-state index is 12.7. The second-order valence-corrected chi connectivity index (χ2v) is 7.78. The summed E-state index contributed by atoms with van der Waals surface area (Å²) in [4.78, 5) is 39.2. The van der Waals surface area contributed by atoms with Gasteiger partial charge in [0.1, 0.15) is 10.9 Å². The average Bonchev–Trinajstić information content (AvgIpc) is 3.15. The first-order chi connectivity index (χ1) is 12.7. The third kappa shape index (κ3) is 3.81. The van der Waals surface area contributed by atoms with Gasteiger partial charge in [-0.25, -0.2) is 4.79 Å². The number of ether oxygens (including phenoxy) is 1. The Labute approximate surface area is 159 Å². The molecule has 1 fully saturated rings. The van der Waals surface area contributed by atoms with Gasteiger partial charge in [-0.1, -0.05) is 0 Å². The van der Waals surface area contributed by atoms with Gasteiger partial charge in [0.05, 0.1) is 23.2 Å². The van der Waals surface area contributed by atoms with Crippen LogP contribution in [0.4, 0.5) is 0 Å². The molecule has 0 saturated carbocycles. The number of aliphatic carboxylic acids is 1. The minimum Gasteiger partial charge on any atom is -0.479 e. The highest BCUT2D eigenvalue weighted by molar-refractivity contribution is 7.20. The zero-order chi connectivity index (χ0) is 19.9. The van der Waals surface area contributed by atoms with Gasteiger partial charge in [-0.05, 0) is 26.8 Å². The Kier molecular flexibility index (Phi) is 5.20. The molecule has 2 unspecified atom stereocenters. The van der Waals surface area contributed by atoms with Crippen LogP contribution in [-0.2, 0) is 21.4 Å². The molecular weight excluding hydrogens is 372 g/mol. The molecule has 0 aromatic carbocycles. The monoisotopic (exact) mass is 394 g/mol. The molecule has 0 radical (unpaired) electrons. The summed E-state index contributed by atoms with van der Waals surface area (Å²) in [5.41, 5.74) is 0.842. The van der Waals surface area contributed by atoms with Crippen LogP contribution in [0, 0.1) is 6.92 Å². The Morgan fingerprint density at radius 3 is 2.74 bits per heavy atom. The van der Waals surface area contributed by atoms with E-state index in [4.69, 9.17) is 9.84 Å². The van der Waals surface area contributed by atoms with Gasteiger partial charge in [0.15, 0.2) is 6.10 Å². The zero-order valence-electron chi connectivity index (χ0n) is 15.6. The third-order valence-electron chi connectivity index (χ3n) is 4.49. The number of carbonyl (C=O) groups excluding carboxylic acids is 2. The number of rotatable bonds is 4. The van der Waals surface area contributed by atoms with E-state index in [-0.39, 0.29) is 31.0 Å². The highest BCUT2D eigenvalue weighted by atomic mass is 32.1. The van der Waals surface area contributed by atoms with E-state index in [9.17, 15) is 14.4 Å². The molecule has 146 valence electrons. The van der Waals surface area contributed by atoms with Crippen LogP contribution in [0.2, 0.25) is 0 Å². The first-order valence-corrected chi connectivity index (χ1v) is 9.40. The predicted molar refractivity (Wildman–Crippen MR) is 98.8 cm³/mol. The van der Waals surface area contributed by atoms with Gasteiger partial charge < -0.3 is 20.1 Å². The molecule has 2 aromatic heterocycles. The van der Waals surface area contributed by atoms with Crippen molar-refractivity contribution in [2.24, 2.45) is 7.05 Å². The average molecular weight is 394 g/mol. The zero-order valence-corrected chi connectivity index (χ0v) is 16.4. The fourth-order valence-electron chi connectivity index (χ4n) is 3.19. The third-order valence-corrected chi connectivity index (χ3v) is 5.69. The van der Waals surface area contributed by atoms with E-state index in [2.05, 4.69) is 10.4 Å². The number of thiophene rings is 1. The highest BCUT2D eigenvalue weighted by Crippen LogP contribution is 2.27. The van der Waals surface area contributed by atoms with E-state index < -0.39 is 18.1 Å². The Morgan fingerprint density at radius 1 is 1.41 bits per heavy atom. The molecule has 0 aliphatic carbocycles. The molecule has 0 bridgehead atoms. The van der Waals surface area contributed by atoms with Crippen LogP contribution in [0.3, 0.4) is 0 Å². The normalized spacial score (nSPS) is 21.3. The van der Waals surface area contributed by atoms with E-state index >= 15 is 0 Å². The van der Waals surface area contributed by atoms with Gasteiger partial charge >= 0.3 is 5.97 Å². The largest absolute Gasteiger partial charge is 0.479 e. The van der Waals surface area contributed by atoms with E-state index in [1.54, 1.807) is 24.6 Å². The smallest absolute Gasteiger partial charge is 0.334 e. The summed E-state index contributed by atoms with van der Waals surface area (Å²) in [7, 11) is 1.82. The minimum atomic E-state index is -1.11. The van der Waals surface area contributed by atoms with Crippen molar-refractivity contribution in [1.82, 2.24) is 20.0 Å². The second-order valence-electron chi connectivity index (χ2n) is 6.75. The molecule has 3 atom stereocenters. The maximum atomic E-state index is 12.7. The first kappa shape index (κ1) is 19.3. The van der Waals surface area contributed by atoms with Gasteiger partial charge in [0.25, 0.3) is 5.91 Å². The number of nitrogens with zero attached hydrogens (tertiary/aromatic N) is 3. The van der Waals surface area contributed by atoms with Crippen molar-refractivity contribution in [3.8, 4) is 0 Å². The number of aryl methyl sites for hydroxylation is 2.